The van der Waals surface area contributed by atoms with Crippen LogP contribution in [-0.4, -0.2) is 73.4 Å². The predicted octanol–water partition coefficient (Wildman–Crippen LogP) is 3.62. The number of hydrogen-bond donors (Lipinski definition) is 1. The molecule has 4 aliphatic rings. The molecule has 200 valence electrons. The van der Waals surface area contributed by atoms with E-state index in [1.807, 2.05) is 24.7 Å². The van der Waals surface area contributed by atoms with Crippen molar-refractivity contribution in [3.63, 3.8) is 0 Å². The van der Waals surface area contributed by atoms with Gasteiger partial charge in [-0.15, -0.1) is 0 Å². The highest BCUT2D eigenvalue weighted by Crippen LogP contribution is 2.49. The zero-order valence-corrected chi connectivity index (χ0v) is 22.5. The van der Waals surface area contributed by atoms with Gasteiger partial charge in [-0.25, -0.2) is 9.97 Å². The number of methoxy groups -OCH3 is 1. The number of nitrogens with zero attached hydrogens (tertiary/aromatic N) is 4. The molecule has 1 spiro atoms. The van der Waals surface area contributed by atoms with Gasteiger partial charge in [0.2, 0.25) is 0 Å². The van der Waals surface area contributed by atoms with Gasteiger partial charge in [-0.2, -0.15) is 0 Å². The van der Waals surface area contributed by atoms with Gasteiger partial charge in [0, 0.05) is 43.1 Å². The molecule has 2 saturated heterocycles. The van der Waals surface area contributed by atoms with Gasteiger partial charge in [0.1, 0.15) is 18.4 Å². The van der Waals surface area contributed by atoms with E-state index in [0.717, 1.165) is 72.4 Å². The van der Waals surface area contributed by atoms with Crippen LogP contribution >= 0.6 is 11.8 Å². The summed E-state index contributed by atoms with van der Waals surface area (Å²) in [4.78, 5) is 17.7. The van der Waals surface area contributed by atoms with Crippen LogP contribution in [-0.2, 0) is 14.2 Å². The van der Waals surface area contributed by atoms with Crippen molar-refractivity contribution in [2.24, 2.45) is 17.1 Å². The summed E-state index contributed by atoms with van der Waals surface area (Å²) in [5, 5.41) is 0.863. The summed E-state index contributed by atoms with van der Waals surface area (Å²) in [7, 11) is 1.65. The van der Waals surface area contributed by atoms with Gasteiger partial charge in [0.05, 0.1) is 48.3 Å². The Labute approximate surface area is 222 Å². The zero-order chi connectivity index (χ0) is 25.4. The van der Waals surface area contributed by atoms with Crippen LogP contribution in [0.4, 0.5) is 5.82 Å². The highest BCUT2D eigenvalue weighted by Gasteiger charge is 2.48. The van der Waals surface area contributed by atoms with Crippen molar-refractivity contribution >= 4 is 17.6 Å². The van der Waals surface area contributed by atoms with Crippen LogP contribution in [0.3, 0.4) is 0 Å². The first-order chi connectivity index (χ1) is 18.1. The third kappa shape index (κ3) is 4.94. The summed E-state index contributed by atoms with van der Waals surface area (Å²) >= 11 is 1.59. The molecule has 37 heavy (non-hydrogen) atoms. The van der Waals surface area contributed by atoms with Crippen LogP contribution in [0.2, 0.25) is 0 Å². The SMILES string of the molecule is COCOC[C@H]1C[C@H]2COc3c(Sc4cnc(C5CCC6(CC5)CO[C@@H](C)[C@H]6N)cn4)ccnc3N2C1. The molecule has 0 bridgehead atoms. The Morgan fingerprint density at radius 3 is 2.81 bits per heavy atom. The first kappa shape index (κ1) is 25.3. The van der Waals surface area contributed by atoms with Crippen molar-refractivity contribution in [3.8, 4) is 5.75 Å². The Morgan fingerprint density at radius 1 is 1.22 bits per heavy atom. The van der Waals surface area contributed by atoms with E-state index < -0.39 is 0 Å². The smallest absolute Gasteiger partial charge is 0.175 e. The third-order valence-electron chi connectivity index (χ3n) is 8.71. The van der Waals surface area contributed by atoms with E-state index in [1.165, 1.54) is 0 Å². The van der Waals surface area contributed by atoms with Crippen LogP contribution < -0.4 is 15.4 Å². The lowest BCUT2D eigenvalue weighted by molar-refractivity contribution is -0.0414. The lowest BCUT2D eigenvalue weighted by atomic mass is 9.66. The standard InChI is InChI=1S/C27H37N5O4S/c1-17-25(28)27(15-36-17)6-3-19(4-7-27)21-10-31-23(11-30-21)37-22-5-8-29-26-24(22)35-14-20-9-18(12-32(20)26)13-34-16-33-2/h5,8,10-11,17-20,25H,3-4,6-7,9,12-16,28H2,1-2H3/t17-,18-,19?,20-,25+,27?/m0/s1. The van der Waals surface area contributed by atoms with Crippen molar-refractivity contribution in [2.45, 2.75) is 73.1 Å². The van der Waals surface area contributed by atoms with Crippen LogP contribution in [0.1, 0.15) is 50.6 Å². The summed E-state index contributed by atoms with van der Waals surface area (Å²) in [6.45, 7) is 5.48. The highest BCUT2D eigenvalue weighted by atomic mass is 32.2. The van der Waals surface area contributed by atoms with Crippen molar-refractivity contribution in [1.29, 1.82) is 0 Å². The third-order valence-corrected chi connectivity index (χ3v) is 9.67. The molecule has 10 heteroatoms. The maximum absolute atomic E-state index is 6.49. The highest BCUT2D eigenvalue weighted by molar-refractivity contribution is 7.99. The number of rotatable bonds is 7. The van der Waals surface area contributed by atoms with Gasteiger partial charge >= 0.3 is 0 Å². The minimum atomic E-state index is 0.137. The summed E-state index contributed by atoms with van der Waals surface area (Å²) in [6, 6.07) is 2.47. The molecule has 0 unspecified atom stereocenters. The maximum atomic E-state index is 6.49. The Balaban J connectivity index is 1.09. The zero-order valence-electron chi connectivity index (χ0n) is 21.7. The van der Waals surface area contributed by atoms with Gasteiger partial charge in [-0.05, 0) is 45.1 Å². The summed E-state index contributed by atoms with van der Waals surface area (Å²) in [5.74, 6) is 2.64. The topological polar surface area (TPSA) is 105 Å². The second-order valence-electron chi connectivity index (χ2n) is 11.0. The average Bonchev–Trinajstić information content (AvgIpc) is 3.47. The van der Waals surface area contributed by atoms with Crippen LogP contribution in [0.5, 0.6) is 5.75 Å². The average molecular weight is 528 g/mol. The number of anilines is 1. The molecule has 0 amide bonds. The number of hydrogen-bond acceptors (Lipinski definition) is 10. The van der Waals surface area contributed by atoms with E-state index in [4.69, 9.17) is 34.6 Å². The fraction of sp³-hybridized carbons (Fsp3) is 0.667. The van der Waals surface area contributed by atoms with Gasteiger partial charge in [-0.1, -0.05) is 11.8 Å². The van der Waals surface area contributed by atoms with Gasteiger partial charge in [0.15, 0.2) is 11.6 Å². The molecule has 4 atom stereocenters. The number of fused-ring (bicyclic) bond motifs is 3. The summed E-state index contributed by atoms with van der Waals surface area (Å²) in [6.07, 6.45) is 11.3. The molecule has 2 N–H and O–H groups in total. The molecule has 6 rings (SSSR count). The minimum Gasteiger partial charge on any atom is -0.486 e. The first-order valence-corrected chi connectivity index (χ1v) is 14.2. The monoisotopic (exact) mass is 527 g/mol. The molecular formula is C27H37N5O4S. The second-order valence-corrected chi connectivity index (χ2v) is 12.1. The van der Waals surface area contributed by atoms with E-state index >= 15 is 0 Å². The summed E-state index contributed by atoms with van der Waals surface area (Å²) < 4.78 is 22.7. The predicted molar refractivity (Wildman–Crippen MR) is 140 cm³/mol. The number of aromatic nitrogens is 3. The van der Waals surface area contributed by atoms with E-state index in [0.29, 0.717) is 37.9 Å². The van der Waals surface area contributed by atoms with E-state index in [2.05, 4.69) is 16.8 Å². The number of nitrogens with two attached hydrogens (primary N) is 1. The fourth-order valence-corrected chi connectivity index (χ4v) is 7.34. The van der Waals surface area contributed by atoms with E-state index in [1.54, 1.807) is 18.9 Å². The Bertz CT molecular complexity index is 1080. The quantitative estimate of drug-likeness (QED) is 0.424. The minimum absolute atomic E-state index is 0.137. The molecule has 2 aromatic heterocycles. The Kier molecular flexibility index (Phi) is 7.28. The second kappa shape index (κ2) is 10.6. The Morgan fingerprint density at radius 2 is 2.08 bits per heavy atom. The lowest BCUT2D eigenvalue weighted by Crippen LogP contribution is -2.45. The molecule has 3 aliphatic heterocycles. The van der Waals surface area contributed by atoms with Crippen LogP contribution in [0.25, 0.3) is 0 Å². The number of pyridine rings is 1. The fourth-order valence-electron chi connectivity index (χ4n) is 6.53. The van der Waals surface area contributed by atoms with E-state index in [-0.39, 0.29) is 17.6 Å². The molecule has 1 aliphatic carbocycles. The first-order valence-electron chi connectivity index (χ1n) is 13.4. The Hall–Kier alpha value is -1.98. The molecule has 2 aromatic rings. The molecule has 9 nitrogen and oxygen atoms in total. The van der Waals surface area contributed by atoms with Crippen molar-refractivity contribution in [2.75, 3.05) is 45.2 Å². The molecule has 3 fully saturated rings. The summed E-state index contributed by atoms with van der Waals surface area (Å²) in [5.41, 5.74) is 7.71. The number of ether oxygens (including phenoxy) is 4. The van der Waals surface area contributed by atoms with E-state index in [9.17, 15) is 0 Å². The van der Waals surface area contributed by atoms with Gasteiger partial charge in [0.25, 0.3) is 0 Å². The molecule has 5 heterocycles. The van der Waals surface area contributed by atoms with Crippen molar-refractivity contribution in [3.05, 3.63) is 30.4 Å². The van der Waals surface area contributed by atoms with Gasteiger partial charge in [-0.3, -0.25) is 4.98 Å². The van der Waals surface area contributed by atoms with Gasteiger partial charge < -0.3 is 29.6 Å². The van der Waals surface area contributed by atoms with Crippen LogP contribution in [0.15, 0.2) is 34.6 Å². The normalized spacial score (nSPS) is 32.8. The largest absolute Gasteiger partial charge is 0.486 e. The maximum Gasteiger partial charge on any atom is 0.175 e. The molecule has 0 radical (unpaired) electrons. The lowest BCUT2D eigenvalue weighted by Gasteiger charge is -2.39. The van der Waals surface area contributed by atoms with Crippen LogP contribution in [0, 0.1) is 11.3 Å². The van der Waals surface area contributed by atoms with Crippen molar-refractivity contribution in [1.82, 2.24) is 15.0 Å². The molecule has 0 aromatic carbocycles. The van der Waals surface area contributed by atoms with Crippen molar-refractivity contribution < 1.29 is 18.9 Å². The molecular weight excluding hydrogens is 490 g/mol. The molecule has 1 saturated carbocycles.